The molecule has 1 aromatic carbocycles. The molecule has 0 unspecified atom stereocenters. The molecule has 0 bridgehead atoms. The first-order chi connectivity index (χ1) is 10.5. The molecule has 0 fully saturated rings. The van der Waals surface area contributed by atoms with E-state index in [1.807, 2.05) is 6.07 Å². The Bertz CT molecular complexity index is 686. The van der Waals surface area contributed by atoms with Crippen molar-refractivity contribution in [3.63, 3.8) is 0 Å². The zero-order valence-corrected chi connectivity index (χ0v) is 13.6. The maximum Gasteiger partial charge on any atom is 0.343 e. The molecule has 3 N–H and O–H groups in total. The molecule has 23 heavy (non-hydrogen) atoms. The average molecular weight is 343 g/mol. The Morgan fingerprint density at radius 3 is 2.65 bits per heavy atom. The minimum Gasteiger partial charge on any atom is -0.482 e. The van der Waals surface area contributed by atoms with Crippen LogP contribution in [0.5, 0.6) is 5.75 Å². The number of H-pyrrole nitrogens is 1. The number of ether oxygens (including phenoxy) is 3. The first-order valence-electron chi connectivity index (χ1n) is 6.68. The van der Waals surface area contributed by atoms with Crippen LogP contribution in [0.25, 0.3) is 10.9 Å². The van der Waals surface area contributed by atoms with Crippen molar-refractivity contribution in [1.82, 2.24) is 4.98 Å². The molecule has 0 spiro atoms. The summed E-state index contributed by atoms with van der Waals surface area (Å²) in [5, 5.41) is 0.877. The first kappa shape index (κ1) is 18.8. The van der Waals surface area contributed by atoms with Crippen LogP contribution in [0.2, 0.25) is 0 Å². The Balaban J connectivity index is 0.00000264. The fourth-order valence-corrected chi connectivity index (χ4v) is 2.09. The van der Waals surface area contributed by atoms with E-state index in [-0.39, 0.29) is 19.0 Å². The van der Waals surface area contributed by atoms with E-state index in [1.54, 1.807) is 18.3 Å². The minimum atomic E-state index is -0.733. The number of aromatic nitrogens is 1. The number of esters is 2. The highest BCUT2D eigenvalue weighted by Crippen LogP contribution is 2.24. The smallest absolute Gasteiger partial charge is 0.343 e. The highest BCUT2D eigenvalue weighted by atomic mass is 35.5. The zero-order chi connectivity index (χ0) is 16.1. The standard InChI is InChI=1S/C15H18N2O5.ClH/c1-20-14(18)8-22-10-3-4-13-11(6-10)9(7-17-13)5-12(16)15(19)21-2;/h3-4,6-7,12,17H,5,8,16H2,1-2H3;1H/t12-;/m0./s1. The number of methoxy groups -OCH3 is 2. The van der Waals surface area contributed by atoms with Crippen molar-refractivity contribution in [3.8, 4) is 5.75 Å². The second-order valence-electron chi connectivity index (χ2n) is 4.72. The summed E-state index contributed by atoms with van der Waals surface area (Å²) in [4.78, 5) is 25.6. The fourth-order valence-electron chi connectivity index (χ4n) is 2.09. The van der Waals surface area contributed by atoms with Gasteiger partial charge in [0.1, 0.15) is 11.8 Å². The third kappa shape index (κ3) is 4.61. The molecular formula is C15H19ClN2O5. The van der Waals surface area contributed by atoms with E-state index in [2.05, 4.69) is 14.5 Å². The Kier molecular flexibility index (Phi) is 6.87. The number of halogens is 1. The number of benzene rings is 1. The molecule has 0 aliphatic heterocycles. The van der Waals surface area contributed by atoms with E-state index in [4.69, 9.17) is 10.5 Å². The lowest BCUT2D eigenvalue weighted by atomic mass is 10.1. The third-order valence-electron chi connectivity index (χ3n) is 3.27. The van der Waals surface area contributed by atoms with Crippen LogP contribution in [0.3, 0.4) is 0 Å². The van der Waals surface area contributed by atoms with Crippen LogP contribution >= 0.6 is 12.4 Å². The number of hydrogen-bond donors (Lipinski definition) is 2. The number of carbonyl (C=O) groups is 2. The molecule has 1 aromatic heterocycles. The molecule has 0 radical (unpaired) electrons. The topological polar surface area (TPSA) is 104 Å². The van der Waals surface area contributed by atoms with Gasteiger partial charge in [-0.05, 0) is 23.8 Å². The Labute approximate surface area is 139 Å². The second-order valence-corrected chi connectivity index (χ2v) is 4.72. The van der Waals surface area contributed by atoms with Crippen molar-refractivity contribution < 1.29 is 23.8 Å². The first-order valence-corrected chi connectivity index (χ1v) is 6.68. The van der Waals surface area contributed by atoms with Gasteiger partial charge in [0.2, 0.25) is 0 Å². The van der Waals surface area contributed by atoms with Gasteiger partial charge < -0.3 is 24.9 Å². The van der Waals surface area contributed by atoms with Crippen LogP contribution in [0.15, 0.2) is 24.4 Å². The quantitative estimate of drug-likeness (QED) is 0.764. The molecule has 126 valence electrons. The van der Waals surface area contributed by atoms with Crippen LogP contribution in [-0.4, -0.2) is 43.8 Å². The molecule has 2 aromatic rings. The van der Waals surface area contributed by atoms with Crippen molar-refractivity contribution in [2.75, 3.05) is 20.8 Å². The largest absolute Gasteiger partial charge is 0.482 e. The van der Waals surface area contributed by atoms with Gasteiger partial charge in [0.05, 0.1) is 14.2 Å². The average Bonchev–Trinajstić information content (AvgIpc) is 2.93. The summed E-state index contributed by atoms with van der Waals surface area (Å²) in [6, 6.07) is 4.62. The monoisotopic (exact) mass is 342 g/mol. The van der Waals surface area contributed by atoms with E-state index in [0.717, 1.165) is 16.5 Å². The lowest BCUT2D eigenvalue weighted by Crippen LogP contribution is -2.33. The van der Waals surface area contributed by atoms with Gasteiger partial charge in [-0.25, -0.2) is 4.79 Å². The number of nitrogens with one attached hydrogen (secondary N) is 1. The van der Waals surface area contributed by atoms with Crippen molar-refractivity contribution in [2.24, 2.45) is 5.73 Å². The lowest BCUT2D eigenvalue weighted by molar-refractivity contribution is -0.143. The summed E-state index contributed by atoms with van der Waals surface area (Å²) in [5.74, 6) is -0.389. The van der Waals surface area contributed by atoms with Gasteiger partial charge in [-0.2, -0.15) is 0 Å². The number of fused-ring (bicyclic) bond motifs is 1. The van der Waals surface area contributed by atoms with Gasteiger partial charge in [0.25, 0.3) is 0 Å². The molecule has 1 atom stereocenters. The maximum absolute atomic E-state index is 11.4. The molecular weight excluding hydrogens is 324 g/mol. The molecule has 1 heterocycles. The number of carbonyl (C=O) groups excluding carboxylic acids is 2. The van der Waals surface area contributed by atoms with Gasteiger partial charge in [-0.15, -0.1) is 12.4 Å². The zero-order valence-electron chi connectivity index (χ0n) is 12.8. The summed E-state index contributed by atoms with van der Waals surface area (Å²) in [6.07, 6.45) is 2.13. The minimum absolute atomic E-state index is 0. The number of hydrogen-bond acceptors (Lipinski definition) is 6. The van der Waals surface area contributed by atoms with Crippen LogP contribution in [0.4, 0.5) is 0 Å². The van der Waals surface area contributed by atoms with Crippen molar-refractivity contribution in [2.45, 2.75) is 12.5 Å². The molecule has 2 rings (SSSR count). The summed E-state index contributed by atoms with van der Waals surface area (Å²) < 4.78 is 14.5. The van der Waals surface area contributed by atoms with Crippen LogP contribution in [0, 0.1) is 0 Å². The van der Waals surface area contributed by atoms with E-state index in [9.17, 15) is 9.59 Å². The van der Waals surface area contributed by atoms with Gasteiger partial charge >= 0.3 is 11.9 Å². The van der Waals surface area contributed by atoms with Crippen LogP contribution in [0.1, 0.15) is 5.56 Å². The summed E-state index contributed by atoms with van der Waals surface area (Å²) in [5.41, 5.74) is 7.54. The van der Waals surface area contributed by atoms with Gasteiger partial charge in [-0.1, -0.05) is 0 Å². The Morgan fingerprint density at radius 1 is 1.26 bits per heavy atom. The van der Waals surface area contributed by atoms with Gasteiger partial charge in [0, 0.05) is 23.5 Å². The van der Waals surface area contributed by atoms with Crippen molar-refractivity contribution in [3.05, 3.63) is 30.0 Å². The predicted octanol–water partition coefficient (Wildman–Crippen LogP) is 1.18. The number of aromatic amines is 1. The predicted molar refractivity (Wildman–Crippen MR) is 86.8 cm³/mol. The van der Waals surface area contributed by atoms with Gasteiger partial charge in [-0.3, -0.25) is 4.79 Å². The summed E-state index contributed by atoms with van der Waals surface area (Å²) in [6.45, 7) is -0.163. The SMILES string of the molecule is COC(=O)COc1ccc2[nH]cc(C[C@H](N)C(=O)OC)c2c1.Cl. The normalized spacial score (nSPS) is 11.4. The maximum atomic E-state index is 11.4. The van der Waals surface area contributed by atoms with E-state index in [1.165, 1.54) is 14.2 Å². The Morgan fingerprint density at radius 2 is 2.00 bits per heavy atom. The highest BCUT2D eigenvalue weighted by molar-refractivity contribution is 5.86. The van der Waals surface area contributed by atoms with Crippen LogP contribution in [-0.2, 0) is 25.5 Å². The lowest BCUT2D eigenvalue weighted by Gasteiger charge is -2.09. The van der Waals surface area contributed by atoms with Crippen LogP contribution < -0.4 is 10.5 Å². The van der Waals surface area contributed by atoms with E-state index in [0.29, 0.717) is 12.2 Å². The highest BCUT2D eigenvalue weighted by Gasteiger charge is 2.17. The van der Waals surface area contributed by atoms with Gasteiger partial charge in [0.15, 0.2) is 6.61 Å². The van der Waals surface area contributed by atoms with Crippen molar-refractivity contribution >= 4 is 35.2 Å². The van der Waals surface area contributed by atoms with Crippen molar-refractivity contribution in [1.29, 1.82) is 0 Å². The number of rotatable bonds is 6. The summed E-state index contributed by atoms with van der Waals surface area (Å²) >= 11 is 0. The molecule has 0 saturated carbocycles. The van der Waals surface area contributed by atoms with E-state index >= 15 is 0 Å². The molecule has 0 amide bonds. The molecule has 0 saturated heterocycles. The summed E-state index contributed by atoms with van der Waals surface area (Å²) in [7, 11) is 2.60. The number of nitrogens with two attached hydrogens (primary N) is 1. The van der Waals surface area contributed by atoms with E-state index < -0.39 is 18.0 Å². The molecule has 0 aliphatic carbocycles. The molecule has 8 heteroatoms. The third-order valence-corrected chi connectivity index (χ3v) is 3.27. The molecule has 7 nitrogen and oxygen atoms in total. The molecule has 0 aliphatic rings. The fraction of sp³-hybridized carbons (Fsp3) is 0.333. The second kappa shape index (κ2) is 8.40. The Hall–Kier alpha value is -2.25.